The quantitative estimate of drug-likeness (QED) is 0.0509. The molecule has 6 aromatic carbocycles. The highest BCUT2D eigenvalue weighted by Gasteiger charge is 2.51. The standard InChI is InChI=1S/C28H30N6O2.C22H24BrN5O2.C12H18BNO2/c1-19(35)36-18-22-7-6-21-17-30-28(32-27(21)26(22)20-4-3-5-23(29)16-20)31-24-8-10-25(11-9-24)34-14-12-33(2)13-15-34;1-15(29)30-14-17-4-3-16-13-24-22(26-21(16)20(17)23)25-18-5-7-19(8-6-18)28-11-9-27(2)10-12-28;1-11(2)12(3,4)16-13(15-11)9-6-5-7-10(14)8-9/h3-11,16-17H,12-15,18,29H2,1-2H3,(H,30,31,32);3-8,13H,9-12,14H2,1-2H3,(H,24,25,26);5-8H,14H2,1-4H3. The van der Waals surface area contributed by atoms with E-state index < -0.39 is 0 Å². The van der Waals surface area contributed by atoms with E-state index in [0.29, 0.717) is 17.6 Å². The second kappa shape index (κ2) is 25.9. The number of likely N-dealkylation sites (N-methyl/N-ethyl adjacent to an activating group) is 2. The molecule has 0 atom stereocenters. The van der Waals surface area contributed by atoms with Crippen LogP contribution in [0.25, 0.3) is 32.9 Å². The van der Waals surface area contributed by atoms with Crippen LogP contribution >= 0.6 is 15.9 Å². The largest absolute Gasteiger partial charge is 0.494 e. The molecule has 20 heteroatoms. The third-order valence-corrected chi connectivity index (χ3v) is 16.0. The van der Waals surface area contributed by atoms with Crippen LogP contribution in [-0.4, -0.2) is 126 Å². The SMILES string of the molecule is CC(=O)OCc1ccc2cnc(Nc3ccc(N4CCN(C)CC4)cc3)nc2c1-c1cccc(N)c1.CC(=O)OCc1ccc2cnc(Nc3ccc(N4CCN(C)CC4)cc3)nc2c1Br.CC1(C)OB(c2cccc(N)c2)OC1(C)C. The molecule has 3 aliphatic heterocycles. The molecular formula is C62H72BBrN12O6. The van der Waals surface area contributed by atoms with Gasteiger partial charge in [0.1, 0.15) is 13.2 Å². The number of anilines is 8. The van der Waals surface area contributed by atoms with Gasteiger partial charge < -0.3 is 60.5 Å². The van der Waals surface area contributed by atoms with Crippen molar-refractivity contribution in [1.29, 1.82) is 0 Å². The van der Waals surface area contributed by atoms with Gasteiger partial charge in [0, 0.05) is 135 Å². The van der Waals surface area contributed by atoms with Crippen molar-refractivity contribution in [2.75, 3.05) is 98.4 Å². The number of benzene rings is 6. The average molecular weight is 1170 g/mol. The number of fused-ring (bicyclic) bond motifs is 2. The van der Waals surface area contributed by atoms with Gasteiger partial charge >= 0.3 is 19.1 Å². The van der Waals surface area contributed by atoms with Crippen molar-refractivity contribution in [2.24, 2.45) is 0 Å². The van der Waals surface area contributed by atoms with Gasteiger partial charge in [-0.15, -0.1) is 0 Å². The molecule has 6 N–H and O–H groups in total. The number of ether oxygens (including phenoxy) is 2. The van der Waals surface area contributed by atoms with Gasteiger partial charge in [0.05, 0.1) is 26.7 Å². The lowest BCUT2D eigenvalue weighted by atomic mass is 9.79. The van der Waals surface area contributed by atoms with E-state index in [1.807, 2.05) is 113 Å². The molecule has 0 amide bonds. The Morgan fingerprint density at radius 3 is 1.54 bits per heavy atom. The molecule has 3 aliphatic rings. The summed E-state index contributed by atoms with van der Waals surface area (Å²) in [6.07, 6.45) is 3.58. The van der Waals surface area contributed by atoms with Gasteiger partial charge in [-0.05, 0) is 147 Å². The van der Waals surface area contributed by atoms with Gasteiger partial charge in [-0.1, -0.05) is 48.5 Å². The van der Waals surface area contributed by atoms with Gasteiger partial charge in [0.15, 0.2) is 0 Å². The summed E-state index contributed by atoms with van der Waals surface area (Å²) in [7, 11) is 3.99. The van der Waals surface area contributed by atoms with Crippen LogP contribution in [0, 0.1) is 0 Å². The van der Waals surface area contributed by atoms with Crippen LogP contribution in [0.4, 0.5) is 46.0 Å². The summed E-state index contributed by atoms with van der Waals surface area (Å²) in [5.74, 6) is 0.357. The molecule has 0 aliphatic carbocycles. The Bertz CT molecular complexity index is 3510. The van der Waals surface area contributed by atoms with E-state index >= 15 is 0 Å². The minimum atomic E-state index is -0.335. The van der Waals surface area contributed by atoms with E-state index in [9.17, 15) is 9.59 Å². The summed E-state index contributed by atoms with van der Waals surface area (Å²) < 4.78 is 23.1. The Morgan fingerprint density at radius 1 is 0.598 bits per heavy atom. The fraction of sp³-hybridized carbons (Fsp3) is 0.323. The number of halogens is 1. The first-order valence-electron chi connectivity index (χ1n) is 27.4. The van der Waals surface area contributed by atoms with Crippen molar-refractivity contribution in [1.82, 2.24) is 29.7 Å². The van der Waals surface area contributed by atoms with Crippen molar-refractivity contribution in [3.8, 4) is 11.1 Å². The van der Waals surface area contributed by atoms with Crippen molar-refractivity contribution >= 4 is 108 Å². The topological polar surface area (TPSA) is 212 Å². The molecule has 426 valence electrons. The monoisotopic (exact) mass is 1170 g/mol. The molecule has 3 saturated heterocycles. The third-order valence-electron chi connectivity index (χ3n) is 15.1. The first-order chi connectivity index (χ1) is 39.3. The second-order valence-corrected chi connectivity index (χ2v) is 22.6. The maximum absolute atomic E-state index is 11.5. The lowest BCUT2D eigenvalue weighted by molar-refractivity contribution is -0.143. The number of rotatable bonds is 12. The number of piperazine rings is 2. The van der Waals surface area contributed by atoms with E-state index in [1.54, 1.807) is 12.4 Å². The maximum atomic E-state index is 11.5. The molecule has 18 nitrogen and oxygen atoms in total. The Morgan fingerprint density at radius 2 is 1.05 bits per heavy atom. The van der Waals surface area contributed by atoms with Crippen LogP contribution in [0.1, 0.15) is 52.7 Å². The van der Waals surface area contributed by atoms with Crippen molar-refractivity contribution in [2.45, 2.75) is 66.0 Å². The number of nitrogens with one attached hydrogen (secondary N) is 2. The van der Waals surface area contributed by atoms with Crippen LogP contribution < -0.4 is 37.4 Å². The van der Waals surface area contributed by atoms with Crippen molar-refractivity contribution in [3.05, 3.63) is 149 Å². The van der Waals surface area contributed by atoms with E-state index in [4.69, 9.17) is 35.2 Å². The lowest BCUT2D eigenvalue weighted by Gasteiger charge is -2.34. The first kappa shape index (κ1) is 58.8. The molecule has 0 saturated carbocycles. The van der Waals surface area contributed by atoms with Crippen LogP contribution in [-0.2, 0) is 41.6 Å². The summed E-state index contributed by atoms with van der Waals surface area (Å²) in [5.41, 5.74) is 22.9. The van der Waals surface area contributed by atoms with Gasteiger partial charge in [0.25, 0.3) is 0 Å². The minimum Gasteiger partial charge on any atom is -0.461 e. The number of carbonyl (C=O) groups excluding carboxylic acids is 2. The number of hydrogen-bond donors (Lipinski definition) is 4. The molecule has 82 heavy (non-hydrogen) atoms. The molecule has 3 fully saturated rings. The third kappa shape index (κ3) is 14.8. The highest BCUT2D eigenvalue weighted by molar-refractivity contribution is 9.10. The summed E-state index contributed by atoms with van der Waals surface area (Å²) >= 11 is 3.59. The van der Waals surface area contributed by atoms with E-state index in [2.05, 4.69) is 112 Å². The number of aromatic nitrogens is 4. The van der Waals surface area contributed by atoms with Gasteiger partial charge in [-0.2, -0.15) is 0 Å². The zero-order valence-corrected chi connectivity index (χ0v) is 49.5. The fourth-order valence-corrected chi connectivity index (χ4v) is 10.1. The molecule has 0 bridgehead atoms. The number of nitrogen functional groups attached to an aromatic ring is 2. The van der Waals surface area contributed by atoms with E-state index in [-0.39, 0.29) is 43.5 Å². The Kier molecular flexibility index (Phi) is 18.6. The van der Waals surface area contributed by atoms with Gasteiger partial charge in [-0.25, -0.2) is 19.9 Å². The summed E-state index contributed by atoms with van der Waals surface area (Å²) in [6.45, 7) is 19.8. The van der Waals surface area contributed by atoms with E-state index in [1.165, 1.54) is 25.2 Å². The van der Waals surface area contributed by atoms with Crippen molar-refractivity contribution in [3.63, 3.8) is 0 Å². The molecule has 0 radical (unpaired) electrons. The molecule has 11 rings (SSSR count). The predicted octanol–water partition coefficient (Wildman–Crippen LogP) is 9.96. The highest BCUT2D eigenvalue weighted by atomic mass is 79.9. The molecule has 8 aromatic rings. The Hall–Kier alpha value is -7.88. The molecule has 0 unspecified atom stereocenters. The first-order valence-corrected chi connectivity index (χ1v) is 28.2. The van der Waals surface area contributed by atoms with Gasteiger partial charge in [-0.3, -0.25) is 9.59 Å². The van der Waals surface area contributed by atoms with E-state index in [0.717, 1.165) is 123 Å². The number of carbonyl (C=O) groups is 2. The Balaban J connectivity index is 0.000000159. The summed E-state index contributed by atoms with van der Waals surface area (Å²) in [5, 5.41) is 8.40. The fourth-order valence-electron chi connectivity index (χ4n) is 9.55. The number of esters is 2. The normalized spacial score (nSPS) is 15.9. The van der Waals surface area contributed by atoms with Crippen LogP contribution in [0.2, 0.25) is 0 Å². The zero-order valence-electron chi connectivity index (χ0n) is 47.9. The zero-order chi connectivity index (χ0) is 58.1. The van der Waals surface area contributed by atoms with Crippen LogP contribution in [0.5, 0.6) is 0 Å². The summed E-state index contributed by atoms with van der Waals surface area (Å²) in [6, 6.07) is 39.7. The number of nitrogens with two attached hydrogens (primary N) is 2. The molecule has 5 heterocycles. The molecule has 0 spiro atoms. The Labute approximate surface area is 488 Å². The van der Waals surface area contributed by atoms with Crippen LogP contribution in [0.15, 0.2) is 138 Å². The highest BCUT2D eigenvalue weighted by Crippen LogP contribution is 2.37. The lowest BCUT2D eigenvalue weighted by Crippen LogP contribution is -2.44. The van der Waals surface area contributed by atoms with Crippen molar-refractivity contribution < 1.29 is 28.4 Å². The predicted molar refractivity (Wildman–Crippen MR) is 333 cm³/mol. The van der Waals surface area contributed by atoms with Crippen LogP contribution in [0.3, 0.4) is 0 Å². The number of nitrogens with zero attached hydrogens (tertiary/aromatic N) is 8. The maximum Gasteiger partial charge on any atom is 0.494 e. The second-order valence-electron chi connectivity index (χ2n) is 21.8. The number of hydrogen-bond acceptors (Lipinski definition) is 18. The molecule has 2 aromatic heterocycles. The minimum absolute atomic E-state index is 0.149. The summed E-state index contributed by atoms with van der Waals surface area (Å²) in [4.78, 5) is 50.6. The smallest absolute Gasteiger partial charge is 0.461 e. The average Bonchev–Trinajstić information content (AvgIpc) is 3.59. The molecular weight excluding hydrogens is 1100 g/mol. The van der Waals surface area contributed by atoms with Gasteiger partial charge in [0.2, 0.25) is 11.9 Å².